The van der Waals surface area contributed by atoms with Crippen molar-refractivity contribution in [2.75, 3.05) is 25.5 Å². The monoisotopic (exact) mass is 296 g/mol. The third-order valence-corrected chi connectivity index (χ3v) is 4.36. The van der Waals surface area contributed by atoms with E-state index in [0.717, 1.165) is 24.5 Å². The second kappa shape index (κ2) is 7.32. The van der Waals surface area contributed by atoms with Crippen LogP contribution in [-0.2, 0) is 6.54 Å². The van der Waals surface area contributed by atoms with Crippen LogP contribution in [0.15, 0.2) is 54.6 Å². The maximum absolute atomic E-state index is 5.19. The highest BCUT2D eigenvalue weighted by Gasteiger charge is 2.24. The predicted octanol–water partition coefficient (Wildman–Crippen LogP) is 3.77. The zero-order valence-corrected chi connectivity index (χ0v) is 13.2. The molecule has 3 rings (SSSR count). The first kappa shape index (κ1) is 14.9. The molecule has 2 aromatic rings. The van der Waals surface area contributed by atoms with Crippen molar-refractivity contribution < 1.29 is 4.74 Å². The third kappa shape index (κ3) is 3.80. The standard InChI is InChI=1S/C19H24N2O/c1-22-19-11-9-17(10-12-19)20-14-18-8-5-13-21(18)15-16-6-3-2-4-7-16/h2-4,6-7,9-12,18,20H,5,8,13-15H2,1H3. The highest BCUT2D eigenvalue weighted by molar-refractivity contribution is 5.46. The lowest BCUT2D eigenvalue weighted by atomic mass is 10.1. The summed E-state index contributed by atoms with van der Waals surface area (Å²) in [7, 11) is 1.70. The Labute approximate surface area is 132 Å². The molecular weight excluding hydrogens is 272 g/mol. The van der Waals surface area contributed by atoms with Gasteiger partial charge in [-0.2, -0.15) is 0 Å². The molecule has 3 heteroatoms. The fourth-order valence-corrected chi connectivity index (χ4v) is 3.10. The smallest absolute Gasteiger partial charge is 0.119 e. The van der Waals surface area contributed by atoms with Crippen LogP contribution in [0.2, 0.25) is 0 Å². The zero-order valence-electron chi connectivity index (χ0n) is 13.2. The first-order valence-electron chi connectivity index (χ1n) is 8.01. The lowest BCUT2D eigenvalue weighted by Gasteiger charge is -2.25. The van der Waals surface area contributed by atoms with Crippen LogP contribution in [0.3, 0.4) is 0 Å². The summed E-state index contributed by atoms with van der Waals surface area (Å²) in [6, 6.07) is 19.5. The molecule has 0 saturated carbocycles. The summed E-state index contributed by atoms with van der Waals surface area (Å²) >= 11 is 0. The number of nitrogens with zero attached hydrogens (tertiary/aromatic N) is 1. The van der Waals surface area contributed by atoms with Crippen LogP contribution in [0.5, 0.6) is 5.75 Å². The molecule has 1 aliphatic rings. The van der Waals surface area contributed by atoms with E-state index in [-0.39, 0.29) is 0 Å². The molecule has 0 bridgehead atoms. The van der Waals surface area contributed by atoms with Crippen LogP contribution in [0.4, 0.5) is 5.69 Å². The average molecular weight is 296 g/mol. The van der Waals surface area contributed by atoms with Crippen molar-refractivity contribution in [3.8, 4) is 5.75 Å². The number of rotatable bonds is 6. The van der Waals surface area contributed by atoms with Gasteiger partial charge in [-0.1, -0.05) is 30.3 Å². The van der Waals surface area contributed by atoms with Crippen molar-refractivity contribution in [2.24, 2.45) is 0 Å². The van der Waals surface area contributed by atoms with Gasteiger partial charge in [-0.3, -0.25) is 4.90 Å². The van der Waals surface area contributed by atoms with Gasteiger partial charge in [-0.15, -0.1) is 0 Å². The Kier molecular flexibility index (Phi) is 4.96. The van der Waals surface area contributed by atoms with Crippen LogP contribution < -0.4 is 10.1 Å². The molecule has 0 spiro atoms. The van der Waals surface area contributed by atoms with E-state index in [0.29, 0.717) is 6.04 Å². The summed E-state index contributed by atoms with van der Waals surface area (Å²) < 4.78 is 5.19. The van der Waals surface area contributed by atoms with E-state index in [1.165, 1.54) is 24.9 Å². The van der Waals surface area contributed by atoms with Crippen LogP contribution in [0.25, 0.3) is 0 Å². The quantitative estimate of drug-likeness (QED) is 0.878. The number of likely N-dealkylation sites (tertiary alicyclic amines) is 1. The summed E-state index contributed by atoms with van der Waals surface area (Å²) in [4.78, 5) is 2.59. The van der Waals surface area contributed by atoms with Crippen LogP contribution in [-0.4, -0.2) is 31.1 Å². The van der Waals surface area contributed by atoms with Gasteiger partial charge in [-0.05, 0) is 49.2 Å². The molecule has 0 aromatic heterocycles. The summed E-state index contributed by atoms with van der Waals surface area (Å²) in [5.74, 6) is 0.900. The van der Waals surface area contributed by atoms with Crippen molar-refractivity contribution in [3.63, 3.8) is 0 Å². The minimum Gasteiger partial charge on any atom is -0.497 e. The zero-order chi connectivity index (χ0) is 15.2. The van der Waals surface area contributed by atoms with Gasteiger partial charge in [0.05, 0.1) is 7.11 Å². The first-order chi connectivity index (χ1) is 10.8. The Morgan fingerprint density at radius 3 is 2.59 bits per heavy atom. The minimum absolute atomic E-state index is 0.613. The second-order valence-electron chi connectivity index (χ2n) is 5.86. The highest BCUT2D eigenvalue weighted by Crippen LogP contribution is 2.21. The molecule has 1 atom stereocenters. The van der Waals surface area contributed by atoms with Crippen molar-refractivity contribution in [1.29, 1.82) is 0 Å². The molecular formula is C19H24N2O. The fourth-order valence-electron chi connectivity index (χ4n) is 3.10. The molecule has 1 N–H and O–H groups in total. The van der Waals surface area contributed by atoms with Gasteiger partial charge in [-0.25, -0.2) is 0 Å². The molecule has 22 heavy (non-hydrogen) atoms. The molecule has 1 heterocycles. The third-order valence-electron chi connectivity index (χ3n) is 4.36. The average Bonchev–Trinajstić information content (AvgIpc) is 3.01. The number of nitrogens with one attached hydrogen (secondary N) is 1. The van der Waals surface area contributed by atoms with Crippen molar-refractivity contribution in [1.82, 2.24) is 4.90 Å². The van der Waals surface area contributed by atoms with Gasteiger partial charge < -0.3 is 10.1 Å². The van der Waals surface area contributed by atoms with Gasteiger partial charge >= 0.3 is 0 Å². The van der Waals surface area contributed by atoms with E-state index in [9.17, 15) is 0 Å². The van der Waals surface area contributed by atoms with E-state index in [1.807, 2.05) is 12.1 Å². The predicted molar refractivity (Wildman–Crippen MR) is 91.4 cm³/mol. The summed E-state index contributed by atoms with van der Waals surface area (Å²) in [6.45, 7) is 3.25. The molecule has 1 saturated heterocycles. The minimum atomic E-state index is 0.613. The molecule has 3 nitrogen and oxygen atoms in total. The van der Waals surface area contributed by atoms with Crippen molar-refractivity contribution in [3.05, 3.63) is 60.2 Å². The maximum atomic E-state index is 5.19. The SMILES string of the molecule is COc1ccc(NCC2CCCN2Cc2ccccc2)cc1. The maximum Gasteiger partial charge on any atom is 0.119 e. The Hall–Kier alpha value is -2.00. The Morgan fingerprint density at radius 2 is 1.86 bits per heavy atom. The van der Waals surface area contributed by atoms with Crippen LogP contribution in [0.1, 0.15) is 18.4 Å². The number of ether oxygens (including phenoxy) is 1. The molecule has 2 aromatic carbocycles. The summed E-state index contributed by atoms with van der Waals surface area (Å²) in [5.41, 5.74) is 2.56. The van der Waals surface area contributed by atoms with Crippen molar-refractivity contribution in [2.45, 2.75) is 25.4 Å². The van der Waals surface area contributed by atoms with E-state index < -0.39 is 0 Å². The Bertz CT molecular complexity index is 568. The van der Waals surface area contributed by atoms with E-state index >= 15 is 0 Å². The van der Waals surface area contributed by atoms with E-state index in [1.54, 1.807) is 7.11 Å². The molecule has 0 radical (unpaired) electrons. The number of methoxy groups -OCH3 is 1. The number of anilines is 1. The van der Waals surface area contributed by atoms with Gasteiger partial charge in [0, 0.05) is 24.8 Å². The molecule has 1 aliphatic heterocycles. The van der Waals surface area contributed by atoms with Crippen LogP contribution >= 0.6 is 0 Å². The Morgan fingerprint density at radius 1 is 1.09 bits per heavy atom. The van der Waals surface area contributed by atoms with Gasteiger partial charge in [0.15, 0.2) is 0 Å². The van der Waals surface area contributed by atoms with Crippen molar-refractivity contribution >= 4 is 5.69 Å². The number of hydrogen-bond donors (Lipinski definition) is 1. The molecule has 1 fully saturated rings. The molecule has 0 amide bonds. The number of hydrogen-bond acceptors (Lipinski definition) is 3. The lowest BCUT2D eigenvalue weighted by molar-refractivity contribution is 0.254. The fraction of sp³-hybridized carbons (Fsp3) is 0.368. The van der Waals surface area contributed by atoms with E-state index in [2.05, 4.69) is 52.7 Å². The summed E-state index contributed by atoms with van der Waals surface area (Å²) in [5, 5.41) is 3.56. The normalized spacial score (nSPS) is 18.3. The molecule has 0 aliphatic carbocycles. The topological polar surface area (TPSA) is 24.5 Å². The Balaban J connectivity index is 1.54. The van der Waals surface area contributed by atoms with Gasteiger partial charge in [0.2, 0.25) is 0 Å². The molecule has 1 unspecified atom stereocenters. The first-order valence-corrected chi connectivity index (χ1v) is 8.01. The molecule has 116 valence electrons. The highest BCUT2D eigenvalue weighted by atomic mass is 16.5. The van der Waals surface area contributed by atoms with Gasteiger partial charge in [0.1, 0.15) is 5.75 Å². The second-order valence-corrected chi connectivity index (χ2v) is 5.86. The largest absolute Gasteiger partial charge is 0.497 e. The van der Waals surface area contributed by atoms with Gasteiger partial charge in [0.25, 0.3) is 0 Å². The van der Waals surface area contributed by atoms with E-state index in [4.69, 9.17) is 4.74 Å². The number of benzene rings is 2. The summed E-state index contributed by atoms with van der Waals surface area (Å²) in [6.07, 6.45) is 2.57. The lowest BCUT2D eigenvalue weighted by Crippen LogP contribution is -2.34. The van der Waals surface area contributed by atoms with Crippen LogP contribution in [0, 0.1) is 0 Å².